The SMILES string of the molecule is CCCCSc1nc2c(c(=O)n1CC)C1(CCCC1)Cc1ccccc1-2. The summed E-state index contributed by atoms with van der Waals surface area (Å²) < 4.78 is 1.92. The predicted molar refractivity (Wildman–Crippen MR) is 109 cm³/mol. The average molecular weight is 369 g/mol. The number of rotatable bonds is 5. The molecule has 1 aromatic heterocycles. The lowest BCUT2D eigenvalue weighted by molar-refractivity contribution is 0.416. The molecule has 0 bridgehead atoms. The van der Waals surface area contributed by atoms with Crippen molar-refractivity contribution >= 4 is 11.8 Å². The minimum atomic E-state index is 0.0112. The molecule has 3 nitrogen and oxygen atoms in total. The summed E-state index contributed by atoms with van der Waals surface area (Å²) in [7, 11) is 0. The number of fused-ring (bicyclic) bond motifs is 4. The largest absolute Gasteiger partial charge is 0.288 e. The van der Waals surface area contributed by atoms with Crippen LogP contribution in [0, 0.1) is 0 Å². The molecule has 2 aliphatic carbocycles. The lowest BCUT2D eigenvalue weighted by Crippen LogP contribution is -2.40. The standard InChI is InChI=1S/C22H28N2OS/c1-3-5-14-26-21-23-19-17-11-7-6-10-16(17)15-22(12-8-9-13-22)18(19)20(25)24(21)4-2/h6-7,10-11H,3-5,8-9,12-15H2,1-2H3. The number of aromatic nitrogens is 2. The second-order valence-electron chi connectivity index (χ2n) is 7.69. The van der Waals surface area contributed by atoms with Gasteiger partial charge in [0.25, 0.3) is 5.56 Å². The predicted octanol–water partition coefficient (Wildman–Crippen LogP) is 5.19. The van der Waals surface area contributed by atoms with E-state index in [1.165, 1.54) is 30.4 Å². The van der Waals surface area contributed by atoms with Crippen LogP contribution < -0.4 is 5.56 Å². The van der Waals surface area contributed by atoms with Gasteiger partial charge in [-0.15, -0.1) is 0 Å². The molecule has 4 rings (SSSR count). The Bertz CT molecular complexity index is 865. The molecule has 0 atom stereocenters. The van der Waals surface area contributed by atoms with Crippen LogP contribution in [0.4, 0.5) is 0 Å². The summed E-state index contributed by atoms with van der Waals surface area (Å²) in [4.78, 5) is 18.7. The van der Waals surface area contributed by atoms with Crippen molar-refractivity contribution < 1.29 is 0 Å². The molecule has 1 aromatic carbocycles. The number of hydrogen-bond acceptors (Lipinski definition) is 3. The number of benzene rings is 1. The lowest BCUT2D eigenvalue weighted by Gasteiger charge is -2.36. The average Bonchev–Trinajstić information content (AvgIpc) is 3.10. The van der Waals surface area contributed by atoms with Crippen molar-refractivity contribution in [2.45, 2.75) is 75.9 Å². The minimum Gasteiger partial charge on any atom is -0.288 e. The van der Waals surface area contributed by atoms with E-state index in [1.807, 2.05) is 4.57 Å². The van der Waals surface area contributed by atoms with Crippen LogP contribution in [0.1, 0.15) is 63.5 Å². The zero-order chi connectivity index (χ0) is 18.1. The van der Waals surface area contributed by atoms with E-state index < -0.39 is 0 Å². The number of thioether (sulfide) groups is 1. The van der Waals surface area contributed by atoms with Crippen molar-refractivity contribution in [3.63, 3.8) is 0 Å². The van der Waals surface area contributed by atoms with Gasteiger partial charge in [0.1, 0.15) is 0 Å². The molecule has 2 aliphatic rings. The highest BCUT2D eigenvalue weighted by Gasteiger charge is 2.44. The normalized spacial score (nSPS) is 17.3. The second kappa shape index (κ2) is 7.22. The quantitative estimate of drug-likeness (QED) is 0.414. The summed E-state index contributed by atoms with van der Waals surface area (Å²) in [5.41, 5.74) is 4.76. The van der Waals surface area contributed by atoms with Gasteiger partial charge in [-0.1, -0.05) is 62.2 Å². The molecule has 1 saturated carbocycles. The van der Waals surface area contributed by atoms with Crippen LogP contribution in [0.15, 0.2) is 34.2 Å². The zero-order valence-electron chi connectivity index (χ0n) is 15.9. The van der Waals surface area contributed by atoms with E-state index in [1.54, 1.807) is 11.8 Å². The van der Waals surface area contributed by atoms with Crippen molar-refractivity contribution in [2.75, 3.05) is 5.75 Å². The summed E-state index contributed by atoms with van der Waals surface area (Å²) in [6.07, 6.45) is 8.01. The van der Waals surface area contributed by atoms with Gasteiger partial charge in [0.05, 0.1) is 11.3 Å². The lowest BCUT2D eigenvalue weighted by atomic mass is 9.68. The van der Waals surface area contributed by atoms with Crippen LogP contribution in [0.5, 0.6) is 0 Å². The van der Waals surface area contributed by atoms with E-state index >= 15 is 0 Å². The molecule has 26 heavy (non-hydrogen) atoms. The first kappa shape index (κ1) is 17.8. The van der Waals surface area contributed by atoms with E-state index in [2.05, 4.69) is 38.1 Å². The van der Waals surface area contributed by atoms with Gasteiger partial charge in [-0.3, -0.25) is 9.36 Å². The number of hydrogen-bond donors (Lipinski definition) is 0. The Balaban J connectivity index is 1.93. The van der Waals surface area contributed by atoms with Crippen LogP contribution in [0.2, 0.25) is 0 Å². The smallest absolute Gasteiger partial charge is 0.258 e. The van der Waals surface area contributed by atoms with E-state index in [4.69, 9.17) is 4.98 Å². The zero-order valence-corrected chi connectivity index (χ0v) is 16.7. The van der Waals surface area contributed by atoms with E-state index in [0.29, 0.717) is 6.54 Å². The first-order valence-corrected chi connectivity index (χ1v) is 11.0. The molecule has 1 fully saturated rings. The molecule has 0 aliphatic heterocycles. The molecule has 0 unspecified atom stereocenters. The molecule has 0 radical (unpaired) electrons. The summed E-state index contributed by atoms with van der Waals surface area (Å²) in [5, 5.41) is 0.898. The van der Waals surface area contributed by atoms with Gasteiger partial charge < -0.3 is 0 Å². The first-order chi connectivity index (χ1) is 12.7. The van der Waals surface area contributed by atoms with E-state index in [-0.39, 0.29) is 11.0 Å². The van der Waals surface area contributed by atoms with Crippen LogP contribution in [-0.4, -0.2) is 15.3 Å². The molecule has 138 valence electrons. The summed E-state index contributed by atoms with van der Waals surface area (Å²) >= 11 is 1.74. The Labute approximate surface area is 160 Å². The van der Waals surface area contributed by atoms with Crippen LogP contribution >= 0.6 is 11.8 Å². The van der Waals surface area contributed by atoms with E-state index in [0.717, 1.165) is 47.8 Å². The van der Waals surface area contributed by atoms with Crippen molar-refractivity contribution in [3.8, 4) is 11.3 Å². The molecular formula is C22H28N2OS. The first-order valence-electron chi connectivity index (χ1n) is 10.1. The third-order valence-electron chi connectivity index (χ3n) is 6.07. The molecule has 1 spiro atoms. The van der Waals surface area contributed by atoms with E-state index in [9.17, 15) is 4.79 Å². The Morgan fingerprint density at radius 2 is 1.96 bits per heavy atom. The molecule has 0 saturated heterocycles. The van der Waals surface area contributed by atoms with Crippen LogP contribution in [0.25, 0.3) is 11.3 Å². The number of unbranched alkanes of at least 4 members (excludes halogenated alkanes) is 1. The number of nitrogens with zero attached hydrogens (tertiary/aromatic N) is 2. The van der Waals surface area contributed by atoms with Gasteiger partial charge >= 0.3 is 0 Å². The summed E-state index contributed by atoms with van der Waals surface area (Å²) in [5.74, 6) is 1.02. The molecule has 0 amide bonds. The second-order valence-corrected chi connectivity index (χ2v) is 8.75. The van der Waals surface area contributed by atoms with Crippen LogP contribution in [0.3, 0.4) is 0 Å². The van der Waals surface area contributed by atoms with Crippen molar-refractivity contribution in [1.82, 2.24) is 9.55 Å². The summed E-state index contributed by atoms with van der Waals surface area (Å²) in [6, 6.07) is 8.58. The van der Waals surface area contributed by atoms with Gasteiger partial charge in [-0.05, 0) is 38.2 Å². The highest BCUT2D eigenvalue weighted by Crippen LogP contribution is 2.49. The van der Waals surface area contributed by atoms with Crippen molar-refractivity contribution in [1.29, 1.82) is 0 Å². The molecule has 1 heterocycles. The van der Waals surface area contributed by atoms with Crippen molar-refractivity contribution in [3.05, 3.63) is 45.7 Å². The van der Waals surface area contributed by atoms with Crippen molar-refractivity contribution in [2.24, 2.45) is 0 Å². The maximum Gasteiger partial charge on any atom is 0.258 e. The fraction of sp³-hybridized carbons (Fsp3) is 0.545. The monoisotopic (exact) mass is 368 g/mol. The fourth-order valence-corrected chi connectivity index (χ4v) is 5.88. The maximum atomic E-state index is 13.6. The Hall–Kier alpha value is -1.55. The maximum absolute atomic E-state index is 13.6. The summed E-state index contributed by atoms with van der Waals surface area (Å²) in [6.45, 7) is 4.97. The van der Waals surface area contributed by atoms with Gasteiger partial charge in [0, 0.05) is 23.3 Å². The van der Waals surface area contributed by atoms with Gasteiger partial charge in [0.2, 0.25) is 0 Å². The molecule has 4 heteroatoms. The third kappa shape index (κ3) is 2.83. The molecular weight excluding hydrogens is 340 g/mol. The van der Waals surface area contributed by atoms with Gasteiger partial charge in [-0.2, -0.15) is 0 Å². The Morgan fingerprint density at radius 3 is 2.69 bits per heavy atom. The van der Waals surface area contributed by atoms with Gasteiger partial charge in [-0.25, -0.2) is 4.98 Å². The third-order valence-corrected chi connectivity index (χ3v) is 7.13. The fourth-order valence-electron chi connectivity index (χ4n) is 4.74. The molecule has 0 N–H and O–H groups in total. The Kier molecular flexibility index (Phi) is 4.96. The van der Waals surface area contributed by atoms with Gasteiger partial charge in [0.15, 0.2) is 5.16 Å². The minimum absolute atomic E-state index is 0.0112. The highest BCUT2D eigenvalue weighted by atomic mass is 32.2. The Morgan fingerprint density at radius 1 is 1.19 bits per heavy atom. The van der Waals surface area contributed by atoms with Crippen LogP contribution in [-0.2, 0) is 18.4 Å². The highest BCUT2D eigenvalue weighted by molar-refractivity contribution is 7.99. The molecule has 2 aromatic rings. The topological polar surface area (TPSA) is 34.9 Å².